The topological polar surface area (TPSA) is 24.9 Å². The van der Waals surface area contributed by atoms with Crippen molar-refractivity contribution in [2.45, 2.75) is 31.7 Å². The molecule has 2 rings (SSSR count). The van der Waals surface area contributed by atoms with Gasteiger partial charge in [0.25, 0.3) is 0 Å². The zero-order chi connectivity index (χ0) is 8.93. The number of aromatic nitrogens is 1. The second-order valence-electron chi connectivity index (χ2n) is 3.65. The van der Waals surface area contributed by atoms with Gasteiger partial charge in [0.1, 0.15) is 0 Å². The summed E-state index contributed by atoms with van der Waals surface area (Å²) in [6.07, 6.45) is 6.92. The molecule has 0 atom stereocenters. The first-order chi connectivity index (χ1) is 6.45. The molecule has 0 saturated heterocycles. The third-order valence-corrected chi connectivity index (χ3v) is 2.35. The Morgan fingerprint density at radius 1 is 1.38 bits per heavy atom. The minimum Gasteiger partial charge on any atom is -0.314 e. The Morgan fingerprint density at radius 2 is 2.31 bits per heavy atom. The maximum Gasteiger partial charge on any atom is 0.0404 e. The van der Waals surface area contributed by atoms with E-state index in [1.807, 2.05) is 12.3 Å². The summed E-state index contributed by atoms with van der Waals surface area (Å²) in [6, 6.07) is 6.95. The van der Waals surface area contributed by atoms with Crippen LogP contribution >= 0.6 is 0 Å². The molecule has 0 bridgehead atoms. The quantitative estimate of drug-likeness (QED) is 0.691. The van der Waals surface area contributed by atoms with Crippen LogP contribution in [0.3, 0.4) is 0 Å². The first kappa shape index (κ1) is 8.70. The monoisotopic (exact) mass is 176 g/mol. The summed E-state index contributed by atoms with van der Waals surface area (Å²) in [5, 5.41) is 3.50. The zero-order valence-corrected chi connectivity index (χ0v) is 7.87. The van der Waals surface area contributed by atoms with Crippen LogP contribution in [0.15, 0.2) is 24.4 Å². The van der Waals surface area contributed by atoms with E-state index in [1.165, 1.54) is 25.0 Å². The van der Waals surface area contributed by atoms with Gasteiger partial charge in [-0.15, -0.1) is 0 Å². The number of rotatable bonds is 5. The molecule has 0 aromatic carbocycles. The Hall–Kier alpha value is -0.890. The van der Waals surface area contributed by atoms with Gasteiger partial charge in [0, 0.05) is 17.9 Å². The molecule has 0 amide bonds. The average molecular weight is 176 g/mol. The van der Waals surface area contributed by atoms with Crippen LogP contribution in [0.25, 0.3) is 0 Å². The lowest BCUT2D eigenvalue weighted by Gasteiger charge is -2.01. The summed E-state index contributed by atoms with van der Waals surface area (Å²) in [5.74, 6) is 0. The molecule has 1 N–H and O–H groups in total. The van der Waals surface area contributed by atoms with Crippen molar-refractivity contribution < 1.29 is 0 Å². The van der Waals surface area contributed by atoms with E-state index in [9.17, 15) is 0 Å². The highest BCUT2D eigenvalue weighted by Crippen LogP contribution is 2.18. The minimum atomic E-state index is 0.837. The summed E-state index contributed by atoms with van der Waals surface area (Å²) < 4.78 is 0. The van der Waals surface area contributed by atoms with Crippen molar-refractivity contribution in [3.8, 4) is 0 Å². The van der Waals surface area contributed by atoms with E-state index in [4.69, 9.17) is 0 Å². The summed E-state index contributed by atoms with van der Waals surface area (Å²) in [4.78, 5) is 4.28. The van der Waals surface area contributed by atoms with Crippen LogP contribution in [0.5, 0.6) is 0 Å². The van der Waals surface area contributed by atoms with E-state index in [1.54, 1.807) is 0 Å². The fraction of sp³-hybridized carbons (Fsp3) is 0.545. The molecular weight excluding hydrogens is 160 g/mol. The van der Waals surface area contributed by atoms with Gasteiger partial charge in [0.15, 0.2) is 0 Å². The SMILES string of the molecule is c1ccc(CCCNC2CC2)nc1. The Kier molecular flexibility index (Phi) is 2.93. The van der Waals surface area contributed by atoms with Gasteiger partial charge in [-0.25, -0.2) is 0 Å². The van der Waals surface area contributed by atoms with Gasteiger partial charge < -0.3 is 5.32 Å². The lowest BCUT2D eigenvalue weighted by molar-refractivity contribution is 0.641. The molecular formula is C11H16N2. The van der Waals surface area contributed by atoms with Crippen molar-refractivity contribution >= 4 is 0 Å². The molecule has 2 heteroatoms. The fourth-order valence-electron chi connectivity index (χ4n) is 1.41. The first-order valence-corrected chi connectivity index (χ1v) is 5.08. The molecule has 0 aliphatic heterocycles. The Balaban J connectivity index is 1.61. The molecule has 0 unspecified atom stereocenters. The Labute approximate surface area is 79.4 Å². The maximum atomic E-state index is 4.28. The van der Waals surface area contributed by atoms with E-state index >= 15 is 0 Å². The molecule has 0 radical (unpaired) electrons. The molecule has 1 heterocycles. The lowest BCUT2D eigenvalue weighted by Crippen LogP contribution is -2.17. The van der Waals surface area contributed by atoms with Crippen molar-refractivity contribution in [3.63, 3.8) is 0 Å². The van der Waals surface area contributed by atoms with E-state index in [0.29, 0.717) is 0 Å². The molecule has 2 nitrogen and oxygen atoms in total. The summed E-state index contributed by atoms with van der Waals surface area (Å²) in [7, 11) is 0. The molecule has 70 valence electrons. The molecule has 1 aromatic heterocycles. The predicted molar refractivity (Wildman–Crippen MR) is 53.6 cm³/mol. The molecule has 1 fully saturated rings. The number of nitrogens with one attached hydrogen (secondary N) is 1. The van der Waals surface area contributed by atoms with Gasteiger partial charge in [0.05, 0.1) is 0 Å². The Morgan fingerprint density at radius 3 is 3.00 bits per heavy atom. The highest BCUT2D eigenvalue weighted by Gasteiger charge is 2.19. The molecule has 0 spiro atoms. The average Bonchev–Trinajstić information content (AvgIpc) is 2.98. The van der Waals surface area contributed by atoms with Gasteiger partial charge in [-0.3, -0.25) is 4.98 Å². The lowest BCUT2D eigenvalue weighted by atomic mass is 10.2. The largest absolute Gasteiger partial charge is 0.314 e. The fourth-order valence-corrected chi connectivity index (χ4v) is 1.41. The summed E-state index contributed by atoms with van der Waals surface area (Å²) in [5.41, 5.74) is 1.21. The standard InChI is InChI=1S/C11H16N2/c1-2-8-12-10(4-1)5-3-9-13-11-6-7-11/h1-2,4,8,11,13H,3,5-7,9H2. The summed E-state index contributed by atoms with van der Waals surface area (Å²) >= 11 is 0. The van der Waals surface area contributed by atoms with E-state index in [-0.39, 0.29) is 0 Å². The van der Waals surface area contributed by atoms with E-state index < -0.39 is 0 Å². The van der Waals surface area contributed by atoms with E-state index in [0.717, 1.165) is 19.0 Å². The van der Waals surface area contributed by atoms with Gasteiger partial charge in [0.2, 0.25) is 0 Å². The summed E-state index contributed by atoms with van der Waals surface area (Å²) in [6.45, 7) is 1.14. The second kappa shape index (κ2) is 4.38. The third-order valence-electron chi connectivity index (χ3n) is 2.35. The smallest absolute Gasteiger partial charge is 0.0404 e. The van der Waals surface area contributed by atoms with Crippen LogP contribution in [0.4, 0.5) is 0 Å². The molecule has 1 aliphatic rings. The van der Waals surface area contributed by atoms with Gasteiger partial charge in [-0.2, -0.15) is 0 Å². The second-order valence-corrected chi connectivity index (χ2v) is 3.65. The minimum absolute atomic E-state index is 0.837. The van der Waals surface area contributed by atoms with Crippen molar-refractivity contribution in [3.05, 3.63) is 30.1 Å². The zero-order valence-electron chi connectivity index (χ0n) is 7.87. The number of aryl methyl sites for hydroxylation is 1. The van der Waals surface area contributed by atoms with E-state index in [2.05, 4.69) is 22.4 Å². The van der Waals surface area contributed by atoms with Crippen LogP contribution in [0, 0.1) is 0 Å². The third kappa shape index (κ3) is 3.15. The van der Waals surface area contributed by atoms with Crippen molar-refractivity contribution in [2.24, 2.45) is 0 Å². The Bertz CT molecular complexity index is 242. The maximum absolute atomic E-state index is 4.28. The van der Waals surface area contributed by atoms with Gasteiger partial charge in [-0.05, 0) is 44.4 Å². The number of hydrogen-bond donors (Lipinski definition) is 1. The molecule has 1 saturated carbocycles. The highest BCUT2D eigenvalue weighted by atomic mass is 14.9. The number of nitrogens with zero attached hydrogens (tertiary/aromatic N) is 1. The highest BCUT2D eigenvalue weighted by molar-refractivity contribution is 5.03. The molecule has 13 heavy (non-hydrogen) atoms. The van der Waals surface area contributed by atoms with Crippen LogP contribution in [-0.4, -0.2) is 17.6 Å². The predicted octanol–water partition coefficient (Wildman–Crippen LogP) is 1.77. The van der Waals surface area contributed by atoms with Crippen molar-refractivity contribution in [2.75, 3.05) is 6.54 Å². The normalized spacial score (nSPS) is 16.0. The van der Waals surface area contributed by atoms with Crippen LogP contribution < -0.4 is 5.32 Å². The first-order valence-electron chi connectivity index (χ1n) is 5.08. The van der Waals surface area contributed by atoms with Crippen molar-refractivity contribution in [1.29, 1.82) is 0 Å². The van der Waals surface area contributed by atoms with Gasteiger partial charge >= 0.3 is 0 Å². The van der Waals surface area contributed by atoms with Gasteiger partial charge in [-0.1, -0.05) is 6.07 Å². The molecule has 1 aromatic rings. The molecule has 1 aliphatic carbocycles. The van der Waals surface area contributed by atoms with Crippen molar-refractivity contribution in [1.82, 2.24) is 10.3 Å². The van der Waals surface area contributed by atoms with Crippen LogP contribution in [0.2, 0.25) is 0 Å². The van der Waals surface area contributed by atoms with Crippen LogP contribution in [-0.2, 0) is 6.42 Å². The number of hydrogen-bond acceptors (Lipinski definition) is 2. The van der Waals surface area contributed by atoms with Crippen LogP contribution in [0.1, 0.15) is 25.0 Å². The number of pyridine rings is 1.